The molecule has 0 aromatic carbocycles. The molecule has 1 aliphatic carbocycles. The third-order valence-electron chi connectivity index (χ3n) is 5.32. The van der Waals surface area contributed by atoms with Gasteiger partial charge in [0.15, 0.2) is 0 Å². The van der Waals surface area contributed by atoms with Crippen LogP contribution in [-0.2, 0) is 16.1 Å². The van der Waals surface area contributed by atoms with Gasteiger partial charge >= 0.3 is 0 Å². The Hall–Kier alpha value is -1.85. The van der Waals surface area contributed by atoms with Gasteiger partial charge in [0.05, 0.1) is 5.69 Å². The van der Waals surface area contributed by atoms with Crippen molar-refractivity contribution in [2.45, 2.75) is 53.0 Å². The van der Waals surface area contributed by atoms with Gasteiger partial charge in [-0.2, -0.15) is 5.10 Å². The molecule has 6 heteroatoms. The van der Waals surface area contributed by atoms with Crippen molar-refractivity contribution >= 4 is 11.8 Å². The van der Waals surface area contributed by atoms with E-state index in [4.69, 9.17) is 0 Å². The molecule has 1 aromatic rings. The third kappa shape index (κ3) is 4.61. The Balaban J connectivity index is 1.39. The van der Waals surface area contributed by atoms with Crippen LogP contribution in [0.1, 0.15) is 44.0 Å². The monoisotopic (exact) mass is 346 g/mol. The van der Waals surface area contributed by atoms with Crippen LogP contribution >= 0.6 is 0 Å². The lowest BCUT2D eigenvalue weighted by Crippen LogP contribution is -2.44. The maximum Gasteiger partial charge on any atom is 0.225 e. The van der Waals surface area contributed by atoms with Gasteiger partial charge in [-0.15, -0.1) is 0 Å². The highest BCUT2D eigenvalue weighted by atomic mass is 16.2. The summed E-state index contributed by atoms with van der Waals surface area (Å²) in [6, 6.07) is 2.07. The largest absolute Gasteiger partial charge is 0.356 e. The van der Waals surface area contributed by atoms with Crippen LogP contribution in [0.5, 0.6) is 0 Å². The molecule has 0 spiro atoms. The fourth-order valence-corrected chi connectivity index (χ4v) is 3.59. The summed E-state index contributed by atoms with van der Waals surface area (Å²) >= 11 is 0. The molecule has 1 atom stereocenters. The van der Waals surface area contributed by atoms with E-state index in [0.717, 1.165) is 56.7 Å². The summed E-state index contributed by atoms with van der Waals surface area (Å²) in [5.74, 6) is 1.10. The van der Waals surface area contributed by atoms with Crippen molar-refractivity contribution < 1.29 is 9.59 Å². The number of nitrogens with one attached hydrogen (secondary N) is 1. The van der Waals surface area contributed by atoms with E-state index in [1.165, 1.54) is 0 Å². The smallest absolute Gasteiger partial charge is 0.225 e. The summed E-state index contributed by atoms with van der Waals surface area (Å²) in [6.07, 6.45) is 3.67. The molecule has 6 nitrogen and oxygen atoms in total. The summed E-state index contributed by atoms with van der Waals surface area (Å²) in [7, 11) is 0. The maximum absolute atomic E-state index is 12.4. The number of amides is 2. The number of hydrogen-bond acceptors (Lipinski definition) is 3. The highest BCUT2D eigenvalue weighted by Gasteiger charge is 2.35. The van der Waals surface area contributed by atoms with Gasteiger partial charge in [0, 0.05) is 43.7 Å². The van der Waals surface area contributed by atoms with E-state index in [9.17, 15) is 9.59 Å². The minimum Gasteiger partial charge on any atom is -0.356 e. The lowest BCUT2D eigenvalue weighted by atomic mass is 9.95. The summed E-state index contributed by atoms with van der Waals surface area (Å²) in [4.78, 5) is 26.4. The van der Waals surface area contributed by atoms with Gasteiger partial charge in [-0.05, 0) is 51.5 Å². The van der Waals surface area contributed by atoms with E-state index in [1.807, 2.05) is 16.5 Å². The lowest BCUT2D eigenvalue weighted by molar-refractivity contribution is -0.136. The van der Waals surface area contributed by atoms with Crippen LogP contribution in [0.4, 0.5) is 0 Å². The number of piperidine rings is 1. The number of carbonyl (C=O) groups excluding carboxylic acids is 2. The van der Waals surface area contributed by atoms with Gasteiger partial charge in [-0.25, -0.2) is 0 Å². The van der Waals surface area contributed by atoms with E-state index in [-0.39, 0.29) is 17.7 Å². The van der Waals surface area contributed by atoms with Crippen LogP contribution in [0, 0.1) is 31.6 Å². The molecule has 2 heterocycles. The van der Waals surface area contributed by atoms with Gasteiger partial charge in [-0.3, -0.25) is 14.3 Å². The summed E-state index contributed by atoms with van der Waals surface area (Å²) in [6.45, 7) is 9.13. The third-order valence-corrected chi connectivity index (χ3v) is 5.32. The second-order valence-electron chi connectivity index (χ2n) is 7.83. The summed E-state index contributed by atoms with van der Waals surface area (Å²) < 4.78 is 2.01. The van der Waals surface area contributed by atoms with Crippen LogP contribution in [0.2, 0.25) is 0 Å². The van der Waals surface area contributed by atoms with Crippen LogP contribution in [-0.4, -0.2) is 46.1 Å². The first kappa shape index (κ1) is 18.0. The zero-order valence-electron chi connectivity index (χ0n) is 15.6. The first-order valence-corrected chi connectivity index (χ1v) is 9.51. The molecule has 1 N–H and O–H groups in total. The van der Waals surface area contributed by atoms with Crippen molar-refractivity contribution in [3.05, 3.63) is 17.5 Å². The molecule has 25 heavy (non-hydrogen) atoms. The topological polar surface area (TPSA) is 67.2 Å². The van der Waals surface area contributed by atoms with E-state index < -0.39 is 0 Å². The van der Waals surface area contributed by atoms with E-state index >= 15 is 0 Å². The molecule has 138 valence electrons. The molecule has 1 saturated carbocycles. The standard InChI is InChI=1S/C19H30N4O2/c1-13(12-23-15(3)10-14(2)21-23)11-20-18(24)16-6-8-22(9-7-16)19(25)17-4-5-17/h10,13,16-17H,4-9,11-12H2,1-3H3,(H,20,24). The van der Waals surface area contributed by atoms with Crippen molar-refractivity contribution in [1.29, 1.82) is 0 Å². The zero-order valence-corrected chi connectivity index (χ0v) is 15.6. The van der Waals surface area contributed by atoms with Gasteiger partial charge in [0.2, 0.25) is 11.8 Å². The first-order valence-electron chi connectivity index (χ1n) is 9.51. The fraction of sp³-hybridized carbons (Fsp3) is 0.737. The van der Waals surface area contributed by atoms with Crippen LogP contribution in [0.3, 0.4) is 0 Å². The molecule has 2 fully saturated rings. The predicted molar refractivity (Wildman–Crippen MR) is 95.9 cm³/mol. The van der Waals surface area contributed by atoms with Crippen molar-refractivity contribution in [3.8, 4) is 0 Å². The second-order valence-corrected chi connectivity index (χ2v) is 7.83. The van der Waals surface area contributed by atoms with Gasteiger partial charge < -0.3 is 10.2 Å². The Morgan fingerprint density at radius 2 is 1.88 bits per heavy atom. The Bertz CT molecular complexity index is 627. The molecular weight excluding hydrogens is 316 g/mol. The molecule has 3 rings (SSSR count). The molecule has 2 aliphatic rings. The van der Waals surface area contributed by atoms with Crippen molar-refractivity contribution in [1.82, 2.24) is 20.0 Å². The number of aryl methyl sites for hydroxylation is 2. The quantitative estimate of drug-likeness (QED) is 0.855. The summed E-state index contributed by atoms with van der Waals surface area (Å²) in [5.41, 5.74) is 2.18. The number of likely N-dealkylation sites (tertiary alicyclic amines) is 1. The van der Waals surface area contributed by atoms with Crippen LogP contribution in [0.25, 0.3) is 0 Å². The average molecular weight is 346 g/mol. The minimum atomic E-state index is 0.0455. The molecule has 0 radical (unpaired) electrons. The normalized spacial score (nSPS) is 19.7. The average Bonchev–Trinajstić information content (AvgIpc) is 3.39. The molecule has 1 saturated heterocycles. The number of nitrogens with zero attached hydrogens (tertiary/aromatic N) is 3. The molecule has 1 aromatic heterocycles. The zero-order chi connectivity index (χ0) is 18.0. The van der Waals surface area contributed by atoms with Crippen LogP contribution in [0.15, 0.2) is 6.07 Å². The number of aromatic nitrogens is 2. The van der Waals surface area contributed by atoms with E-state index in [2.05, 4.69) is 30.3 Å². The predicted octanol–water partition coefficient (Wildman–Crippen LogP) is 1.90. The maximum atomic E-state index is 12.4. The van der Waals surface area contributed by atoms with Crippen molar-refractivity contribution in [2.24, 2.45) is 17.8 Å². The van der Waals surface area contributed by atoms with Gasteiger partial charge in [0.1, 0.15) is 0 Å². The van der Waals surface area contributed by atoms with Crippen molar-refractivity contribution in [3.63, 3.8) is 0 Å². The van der Waals surface area contributed by atoms with Gasteiger partial charge in [-0.1, -0.05) is 6.92 Å². The highest BCUT2D eigenvalue weighted by Crippen LogP contribution is 2.32. The number of hydrogen-bond donors (Lipinski definition) is 1. The van der Waals surface area contributed by atoms with E-state index in [0.29, 0.717) is 18.4 Å². The van der Waals surface area contributed by atoms with Crippen molar-refractivity contribution in [2.75, 3.05) is 19.6 Å². The van der Waals surface area contributed by atoms with E-state index in [1.54, 1.807) is 0 Å². The fourth-order valence-electron chi connectivity index (χ4n) is 3.59. The molecule has 1 unspecified atom stereocenters. The minimum absolute atomic E-state index is 0.0455. The molecular formula is C19H30N4O2. The Kier molecular flexibility index (Phi) is 5.45. The number of rotatable bonds is 6. The Morgan fingerprint density at radius 3 is 2.44 bits per heavy atom. The lowest BCUT2D eigenvalue weighted by Gasteiger charge is -2.31. The molecule has 1 aliphatic heterocycles. The first-order chi connectivity index (χ1) is 11.9. The second kappa shape index (κ2) is 7.58. The molecule has 0 bridgehead atoms. The molecule has 2 amide bonds. The Labute approximate surface area is 149 Å². The van der Waals surface area contributed by atoms with Gasteiger partial charge in [0.25, 0.3) is 0 Å². The number of carbonyl (C=O) groups is 2. The summed E-state index contributed by atoms with van der Waals surface area (Å²) in [5, 5.41) is 7.57. The SMILES string of the molecule is Cc1cc(C)n(CC(C)CNC(=O)C2CCN(C(=O)C3CC3)CC2)n1. The van der Waals surface area contributed by atoms with Crippen LogP contribution < -0.4 is 5.32 Å². The highest BCUT2D eigenvalue weighted by molar-refractivity contribution is 5.82. The Morgan fingerprint density at radius 1 is 1.20 bits per heavy atom.